The van der Waals surface area contributed by atoms with Crippen LogP contribution in [0.1, 0.15) is 26.3 Å². The second-order valence-electron chi connectivity index (χ2n) is 6.46. The smallest absolute Gasteiger partial charge is 0.290 e. The van der Waals surface area contributed by atoms with E-state index in [0.29, 0.717) is 16.7 Å². The Balaban J connectivity index is 1.60. The minimum absolute atomic E-state index is 0.184. The molecule has 2 aliphatic rings. The van der Waals surface area contributed by atoms with Crippen molar-refractivity contribution in [2.45, 2.75) is 0 Å². The number of imide groups is 2. The quantitative estimate of drug-likeness (QED) is 0.539. The number of benzene rings is 2. The fraction of sp³-hybridized carbons (Fsp3) is 0.143. The lowest BCUT2D eigenvalue weighted by Gasteiger charge is -2.19. The largest absolute Gasteiger partial charge is 0.493 e. The fourth-order valence-electron chi connectivity index (χ4n) is 3.18. The summed E-state index contributed by atoms with van der Waals surface area (Å²) >= 11 is 0.788. The number of carbonyl (C=O) groups excluding carboxylic acids is 4. The number of hydrogen-bond donors (Lipinski definition) is 1. The number of nitrogens with zero attached hydrogens (tertiary/aromatic N) is 1. The summed E-state index contributed by atoms with van der Waals surface area (Å²) in [5.41, 5.74) is 1.17. The molecule has 2 heterocycles. The standard InChI is InChI=1S/C21H16N2O7S/c1-28-14-7-11(9-16-18(24)22-21(27)31-16)8-15(29-2)17(14)30-10-23-19(25)12-5-3-4-6-13(12)20(23)26/h3-9H,10H2,1-2H3,(H,22,24,27)/b16-9-. The van der Waals surface area contributed by atoms with Gasteiger partial charge in [0.15, 0.2) is 18.2 Å². The SMILES string of the molecule is COc1cc(/C=C2\SC(=O)NC2=O)cc(OC)c1OCN1C(=O)c2ccccc2C1=O. The lowest BCUT2D eigenvalue weighted by Crippen LogP contribution is -2.33. The molecule has 0 radical (unpaired) electrons. The molecule has 1 saturated heterocycles. The molecule has 1 N–H and O–H groups in total. The van der Waals surface area contributed by atoms with Crippen LogP contribution in [0.25, 0.3) is 6.08 Å². The van der Waals surface area contributed by atoms with Crippen LogP contribution in [0.3, 0.4) is 0 Å². The second kappa shape index (κ2) is 8.15. The van der Waals surface area contributed by atoms with Gasteiger partial charge in [-0.3, -0.25) is 24.5 Å². The predicted octanol–water partition coefficient (Wildman–Crippen LogP) is 2.66. The molecule has 0 aromatic heterocycles. The van der Waals surface area contributed by atoms with E-state index in [4.69, 9.17) is 14.2 Å². The molecular formula is C21H16N2O7S. The number of methoxy groups -OCH3 is 2. The lowest BCUT2D eigenvalue weighted by atomic mass is 10.1. The van der Waals surface area contributed by atoms with Crippen molar-refractivity contribution < 1.29 is 33.4 Å². The van der Waals surface area contributed by atoms with Crippen molar-refractivity contribution in [3.63, 3.8) is 0 Å². The van der Waals surface area contributed by atoms with Crippen molar-refractivity contribution in [3.05, 3.63) is 58.0 Å². The molecule has 0 saturated carbocycles. The third kappa shape index (κ3) is 3.73. The zero-order chi connectivity index (χ0) is 22.1. The highest BCUT2D eigenvalue weighted by Gasteiger charge is 2.36. The normalized spacial score (nSPS) is 16.6. The van der Waals surface area contributed by atoms with Crippen LogP contribution in [0.5, 0.6) is 17.2 Å². The van der Waals surface area contributed by atoms with E-state index in [1.165, 1.54) is 20.3 Å². The second-order valence-corrected chi connectivity index (χ2v) is 7.48. The van der Waals surface area contributed by atoms with Crippen LogP contribution in [-0.4, -0.2) is 48.8 Å². The molecule has 0 aliphatic carbocycles. The molecule has 2 aliphatic heterocycles. The van der Waals surface area contributed by atoms with E-state index in [0.717, 1.165) is 16.7 Å². The van der Waals surface area contributed by atoms with E-state index < -0.39 is 23.0 Å². The first kappa shape index (κ1) is 20.5. The number of amides is 4. The zero-order valence-corrected chi connectivity index (χ0v) is 17.3. The number of hydrogen-bond acceptors (Lipinski definition) is 8. The van der Waals surface area contributed by atoms with Crippen molar-refractivity contribution in [1.29, 1.82) is 0 Å². The van der Waals surface area contributed by atoms with Gasteiger partial charge in [-0.15, -0.1) is 0 Å². The van der Waals surface area contributed by atoms with Gasteiger partial charge in [-0.1, -0.05) is 12.1 Å². The lowest BCUT2D eigenvalue weighted by molar-refractivity contribution is -0.115. The minimum atomic E-state index is -0.487. The molecular weight excluding hydrogens is 424 g/mol. The van der Waals surface area contributed by atoms with Crippen molar-refractivity contribution in [3.8, 4) is 17.2 Å². The molecule has 9 nitrogen and oxygen atoms in total. The van der Waals surface area contributed by atoms with Crippen LogP contribution in [0.4, 0.5) is 4.79 Å². The number of thioether (sulfide) groups is 1. The summed E-state index contributed by atoms with van der Waals surface area (Å²) in [5, 5.41) is 1.74. The maximum Gasteiger partial charge on any atom is 0.290 e. The third-order valence-corrected chi connectivity index (χ3v) is 5.45. The number of ether oxygens (including phenoxy) is 3. The average molecular weight is 440 g/mol. The maximum absolute atomic E-state index is 12.5. The van der Waals surface area contributed by atoms with E-state index >= 15 is 0 Å². The summed E-state index contributed by atoms with van der Waals surface area (Å²) in [4.78, 5) is 49.4. The molecule has 2 aromatic rings. The minimum Gasteiger partial charge on any atom is -0.493 e. The molecule has 2 aromatic carbocycles. The van der Waals surface area contributed by atoms with Gasteiger partial charge in [-0.25, -0.2) is 4.90 Å². The van der Waals surface area contributed by atoms with Gasteiger partial charge in [0, 0.05) is 0 Å². The monoisotopic (exact) mass is 440 g/mol. The van der Waals surface area contributed by atoms with E-state index in [-0.39, 0.29) is 28.9 Å². The highest BCUT2D eigenvalue weighted by atomic mass is 32.2. The highest BCUT2D eigenvalue weighted by Crippen LogP contribution is 2.40. The van der Waals surface area contributed by atoms with Gasteiger partial charge >= 0.3 is 0 Å². The van der Waals surface area contributed by atoms with Crippen LogP contribution >= 0.6 is 11.8 Å². The molecule has 1 fully saturated rings. The Hall–Kier alpha value is -3.79. The van der Waals surface area contributed by atoms with Gasteiger partial charge in [-0.05, 0) is 47.7 Å². The van der Waals surface area contributed by atoms with Crippen molar-refractivity contribution in [1.82, 2.24) is 10.2 Å². The summed E-state index contributed by atoms with van der Waals surface area (Å²) in [6, 6.07) is 9.71. The van der Waals surface area contributed by atoms with E-state index in [9.17, 15) is 19.2 Å². The number of fused-ring (bicyclic) bond motifs is 1. The Kier molecular flexibility index (Phi) is 5.38. The maximum atomic E-state index is 12.5. The fourth-order valence-corrected chi connectivity index (χ4v) is 3.87. The average Bonchev–Trinajstić information content (AvgIpc) is 3.21. The van der Waals surface area contributed by atoms with Crippen LogP contribution in [0.15, 0.2) is 41.3 Å². The molecule has 0 spiro atoms. The molecule has 0 unspecified atom stereocenters. The zero-order valence-electron chi connectivity index (χ0n) is 16.5. The first-order valence-corrected chi connectivity index (χ1v) is 9.83. The summed E-state index contributed by atoms with van der Waals surface area (Å²) in [6.07, 6.45) is 1.52. The summed E-state index contributed by atoms with van der Waals surface area (Å²) in [5.74, 6) is -0.681. The van der Waals surface area contributed by atoms with Crippen LogP contribution in [0.2, 0.25) is 0 Å². The van der Waals surface area contributed by atoms with Gasteiger partial charge in [-0.2, -0.15) is 0 Å². The molecule has 0 atom stereocenters. The Bertz CT molecular complexity index is 1100. The number of nitrogens with one attached hydrogen (secondary N) is 1. The first-order chi connectivity index (χ1) is 14.9. The van der Waals surface area contributed by atoms with Crippen molar-refractivity contribution in [2.24, 2.45) is 0 Å². The van der Waals surface area contributed by atoms with Gasteiger partial charge in [0.2, 0.25) is 5.75 Å². The van der Waals surface area contributed by atoms with Crippen LogP contribution < -0.4 is 19.5 Å². The Morgan fingerprint density at radius 1 is 0.968 bits per heavy atom. The predicted molar refractivity (Wildman–Crippen MR) is 111 cm³/mol. The molecule has 31 heavy (non-hydrogen) atoms. The van der Waals surface area contributed by atoms with Crippen LogP contribution in [0, 0.1) is 0 Å². The van der Waals surface area contributed by atoms with E-state index in [2.05, 4.69) is 5.32 Å². The Labute approximate surface area is 180 Å². The number of rotatable bonds is 6. The summed E-state index contributed by atoms with van der Waals surface area (Å²) in [7, 11) is 2.84. The van der Waals surface area contributed by atoms with Crippen LogP contribution in [-0.2, 0) is 4.79 Å². The van der Waals surface area contributed by atoms with Crippen molar-refractivity contribution in [2.75, 3.05) is 21.0 Å². The summed E-state index contributed by atoms with van der Waals surface area (Å²) < 4.78 is 16.5. The van der Waals surface area contributed by atoms with Crippen molar-refractivity contribution >= 4 is 40.8 Å². The van der Waals surface area contributed by atoms with E-state index in [1.807, 2.05) is 0 Å². The van der Waals surface area contributed by atoms with Gasteiger partial charge in [0.05, 0.1) is 30.3 Å². The van der Waals surface area contributed by atoms with Gasteiger partial charge in [0.1, 0.15) is 0 Å². The topological polar surface area (TPSA) is 111 Å². The van der Waals surface area contributed by atoms with Gasteiger partial charge < -0.3 is 14.2 Å². The molecule has 10 heteroatoms. The Morgan fingerprint density at radius 2 is 1.55 bits per heavy atom. The first-order valence-electron chi connectivity index (χ1n) is 9.02. The van der Waals surface area contributed by atoms with Gasteiger partial charge in [0.25, 0.3) is 23.0 Å². The molecule has 4 rings (SSSR count). The Morgan fingerprint density at radius 3 is 2.03 bits per heavy atom. The molecule has 158 valence electrons. The third-order valence-electron chi connectivity index (χ3n) is 4.64. The number of carbonyl (C=O) groups is 4. The van der Waals surface area contributed by atoms with E-state index in [1.54, 1.807) is 36.4 Å². The molecule has 0 bridgehead atoms. The summed E-state index contributed by atoms with van der Waals surface area (Å²) in [6.45, 7) is -0.341. The highest BCUT2D eigenvalue weighted by molar-refractivity contribution is 8.18. The molecule has 4 amide bonds.